The molecule has 2 aliphatic rings. The maximum atomic E-state index is 12.7. The van der Waals surface area contributed by atoms with Crippen molar-refractivity contribution in [1.82, 2.24) is 25.2 Å². The van der Waals surface area contributed by atoms with Crippen LogP contribution in [0.5, 0.6) is 5.75 Å². The Kier molecular flexibility index (Phi) is 6.30. The fourth-order valence-corrected chi connectivity index (χ4v) is 4.25. The van der Waals surface area contributed by atoms with Crippen molar-refractivity contribution in [3.8, 4) is 5.75 Å². The normalized spacial score (nSPS) is 18.9. The summed E-state index contributed by atoms with van der Waals surface area (Å²) in [5.74, 6) is 0.541. The molecule has 1 aromatic heterocycles. The number of piperidine rings is 1. The Morgan fingerprint density at radius 2 is 1.80 bits per heavy atom. The lowest BCUT2D eigenvalue weighted by Crippen LogP contribution is -2.45. The van der Waals surface area contributed by atoms with Crippen LogP contribution in [-0.2, 0) is 4.79 Å². The van der Waals surface area contributed by atoms with Gasteiger partial charge in [-0.2, -0.15) is 0 Å². The predicted molar refractivity (Wildman–Crippen MR) is 111 cm³/mol. The van der Waals surface area contributed by atoms with E-state index in [-0.39, 0.29) is 23.9 Å². The number of amides is 2. The molecule has 1 saturated heterocycles. The SMILES string of the molecule is CC(Oc1ccccc1)C(=O)N1CCC(n2cc(C(=O)NC3CCCC3)nn2)CC1. The zero-order valence-corrected chi connectivity index (χ0v) is 17.4. The highest BCUT2D eigenvalue weighted by molar-refractivity contribution is 5.92. The molecule has 1 unspecified atom stereocenters. The molecule has 0 radical (unpaired) electrons. The molecule has 1 aliphatic heterocycles. The van der Waals surface area contributed by atoms with Crippen LogP contribution in [0.15, 0.2) is 36.5 Å². The number of carbonyl (C=O) groups excluding carboxylic acids is 2. The summed E-state index contributed by atoms with van der Waals surface area (Å²) < 4.78 is 7.53. The van der Waals surface area contributed by atoms with E-state index in [1.807, 2.05) is 35.2 Å². The first kappa shape index (κ1) is 20.4. The van der Waals surface area contributed by atoms with Gasteiger partial charge in [-0.15, -0.1) is 5.10 Å². The number of nitrogens with zero attached hydrogens (tertiary/aromatic N) is 4. The molecule has 2 amide bonds. The molecular weight excluding hydrogens is 382 g/mol. The summed E-state index contributed by atoms with van der Waals surface area (Å²) in [6.07, 6.45) is 7.17. The zero-order chi connectivity index (χ0) is 20.9. The molecule has 30 heavy (non-hydrogen) atoms. The fourth-order valence-electron chi connectivity index (χ4n) is 4.25. The molecule has 0 spiro atoms. The summed E-state index contributed by atoms with van der Waals surface area (Å²) in [7, 11) is 0. The van der Waals surface area contributed by atoms with Crippen LogP contribution in [0.1, 0.15) is 62.0 Å². The van der Waals surface area contributed by atoms with Crippen molar-refractivity contribution in [3.63, 3.8) is 0 Å². The monoisotopic (exact) mass is 411 g/mol. The van der Waals surface area contributed by atoms with Gasteiger partial charge in [-0.1, -0.05) is 36.3 Å². The Labute approximate surface area is 176 Å². The third-order valence-electron chi connectivity index (χ3n) is 5.99. The summed E-state index contributed by atoms with van der Waals surface area (Å²) in [4.78, 5) is 26.9. The van der Waals surface area contributed by atoms with Gasteiger partial charge in [-0.3, -0.25) is 9.59 Å². The molecule has 2 aromatic rings. The van der Waals surface area contributed by atoms with Crippen molar-refractivity contribution in [2.45, 2.75) is 63.6 Å². The van der Waals surface area contributed by atoms with Crippen LogP contribution in [0.25, 0.3) is 0 Å². The molecule has 8 heteroatoms. The van der Waals surface area contributed by atoms with Crippen molar-refractivity contribution in [3.05, 3.63) is 42.2 Å². The quantitative estimate of drug-likeness (QED) is 0.789. The molecule has 4 rings (SSSR count). The molecule has 2 fully saturated rings. The highest BCUT2D eigenvalue weighted by atomic mass is 16.5. The molecule has 8 nitrogen and oxygen atoms in total. The second-order valence-corrected chi connectivity index (χ2v) is 8.17. The van der Waals surface area contributed by atoms with E-state index < -0.39 is 6.10 Å². The number of rotatable bonds is 6. The number of hydrogen-bond donors (Lipinski definition) is 1. The molecule has 0 bridgehead atoms. The van der Waals surface area contributed by atoms with Crippen molar-refractivity contribution in [2.24, 2.45) is 0 Å². The Morgan fingerprint density at radius 1 is 1.10 bits per heavy atom. The highest BCUT2D eigenvalue weighted by Gasteiger charge is 2.29. The largest absolute Gasteiger partial charge is 0.481 e. The topological polar surface area (TPSA) is 89.4 Å². The number of likely N-dealkylation sites (tertiary alicyclic amines) is 1. The minimum Gasteiger partial charge on any atom is -0.481 e. The summed E-state index contributed by atoms with van der Waals surface area (Å²) in [6, 6.07) is 9.79. The van der Waals surface area contributed by atoms with E-state index in [0.29, 0.717) is 24.5 Å². The van der Waals surface area contributed by atoms with Crippen molar-refractivity contribution in [1.29, 1.82) is 0 Å². The van der Waals surface area contributed by atoms with E-state index in [1.54, 1.807) is 17.8 Å². The molecule has 1 atom stereocenters. The second-order valence-electron chi connectivity index (χ2n) is 8.17. The predicted octanol–water partition coefficient (Wildman–Crippen LogP) is 2.58. The van der Waals surface area contributed by atoms with Gasteiger partial charge in [0.15, 0.2) is 11.8 Å². The third kappa shape index (κ3) is 4.80. The van der Waals surface area contributed by atoms with Gasteiger partial charge in [0.25, 0.3) is 11.8 Å². The number of ether oxygens (including phenoxy) is 1. The van der Waals surface area contributed by atoms with Crippen LogP contribution in [-0.4, -0.2) is 56.9 Å². The summed E-state index contributed by atoms with van der Waals surface area (Å²) in [5.41, 5.74) is 0.366. The number of para-hydroxylation sites is 1. The van der Waals surface area contributed by atoms with Gasteiger partial charge < -0.3 is 15.0 Å². The van der Waals surface area contributed by atoms with Crippen LogP contribution >= 0.6 is 0 Å². The maximum Gasteiger partial charge on any atom is 0.273 e. The molecule has 160 valence electrons. The number of carbonyl (C=O) groups is 2. The number of aromatic nitrogens is 3. The zero-order valence-electron chi connectivity index (χ0n) is 17.4. The molecule has 1 aromatic carbocycles. The third-order valence-corrected chi connectivity index (χ3v) is 5.99. The highest BCUT2D eigenvalue weighted by Crippen LogP contribution is 2.23. The molecule has 2 heterocycles. The molecule has 1 saturated carbocycles. The molecular formula is C22H29N5O3. The van der Waals surface area contributed by atoms with Gasteiger partial charge in [0.05, 0.1) is 12.2 Å². The Morgan fingerprint density at radius 3 is 2.50 bits per heavy atom. The maximum absolute atomic E-state index is 12.7. The molecule has 1 aliphatic carbocycles. The second kappa shape index (κ2) is 9.28. The average molecular weight is 412 g/mol. The first-order chi connectivity index (χ1) is 14.6. The average Bonchev–Trinajstić information content (AvgIpc) is 3.46. The van der Waals surface area contributed by atoms with Gasteiger partial charge in [0.1, 0.15) is 5.75 Å². The first-order valence-electron chi connectivity index (χ1n) is 10.8. The first-order valence-corrected chi connectivity index (χ1v) is 10.8. The Bertz CT molecular complexity index is 855. The van der Waals surface area contributed by atoms with Gasteiger partial charge in [-0.05, 0) is 44.7 Å². The van der Waals surface area contributed by atoms with Gasteiger partial charge in [0, 0.05) is 19.1 Å². The van der Waals surface area contributed by atoms with E-state index in [4.69, 9.17) is 4.74 Å². The Hall–Kier alpha value is -2.90. The summed E-state index contributed by atoms with van der Waals surface area (Å²) in [6.45, 7) is 3.05. The minimum absolute atomic E-state index is 0.00692. The van der Waals surface area contributed by atoms with E-state index in [1.165, 1.54) is 12.8 Å². The lowest BCUT2D eigenvalue weighted by atomic mass is 10.0. The lowest BCUT2D eigenvalue weighted by Gasteiger charge is -2.33. The van der Waals surface area contributed by atoms with E-state index in [9.17, 15) is 9.59 Å². The van der Waals surface area contributed by atoms with E-state index >= 15 is 0 Å². The van der Waals surface area contributed by atoms with Crippen LogP contribution in [0.3, 0.4) is 0 Å². The fraction of sp³-hybridized carbons (Fsp3) is 0.545. The van der Waals surface area contributed by atoms with Crippen LogP contribution in [0.2, 0.25) is 0 Å². The van der Waals surface area contributed by atoms with Crippen molar-refractivity contribution in [2.75, 3.05) is 13.1 Å². The number of hydrogen-bond acceptors (Lipinski definition) is 5. The lowest BCUT2D eigenvalue weighted by molar-refractivity contribution is -0.139. The smallest absolute Gasteiger partial charge is 0.273 e. The Balaban J connectivity index is 1.27. The summed E-state index contributed by atoms with van der Waals surface area (Å²) >= 11 is 0. The van der Waals surface area contributed by atoms with Crippen molar-refractivity contribution >= 4 is 11.8 Å². The van der Waals surface area contributed by atoms with E-state index in [0.717, 1.165) is 25.7 Å². The standard InChI is InChI=1S/C22H29N5O3/c1-16(30-19-9-3-2-4-10-19)22(29)26-13-11-18(12-14-26)27-15-20(24-25-27)21(28)23-17-7-5-6-8-17/h2-4,9-10,15-18H,5-8,11-14H2,1H3,(H,23,28). The van der Waals surface area contributed by atoms with Gasteiger partial charge in [-0.25, -0.2) is 4.68 Å². The number of benzene rings is 1. The summed E-state index contributed by atoms with van der Waals surface area (Å²) in [5, 5.41) is 11.3. The van der Waals surface area contributed by atoms with Gasteiger partial charge >= 0.3 is 0 Å². The molecule has 1 N–H and O–H groups in total. The van der Waals surface area contributed by atoms with Crippen LogP contribution in [0, 0.1) is 0 Å². The minimum atomic E-state index is -0.527. The van der Waals surface area contributed by atoms with Crippen LogP contribution in [0.4, 0.5) is 0 Å². The number of nitrogens with one attached hydrogen (secondary N) is 1. The van der Waals surface area contributed by atoms with Crippen molar-refractivity contribution < 1.29 is 14.3 Å². The van der Waals surface area contributed by atoms with Crippen LogP contribution < -0.4 is 10.1 Å². The van der Waals surface area contributed by atoms with E-state index in [2.05, 4.69) is 15.6 Å². The van der Waals surface area contributed by atoms with Gasteiger partial charge in [0.2, 0.25) is 0 Å².